The first kappa shape index (κ1) is 16.2. The number of ether oxygens (including phenoxy) is 1. The Balaban J connectivity index is 1.77. The molecule has 1 atom stereocenters. The van der Waals surface area contributed by atoms with Crippen molar-refractivity contribution in [1.29, 1.82) is 0 Å². The molecule has 0 unspecified atom stereocenters. The van der Waals surface area contributed by atoms with E-state index in [9.17, 15) is 0 Å². The molecule has 2 aromatic heterocycles. The van der Waals surface area contributed by atoms with Gasteiger partial charge in [0, 0.05) is 15.7 Å². The van der Waals surface area contributed by atoms with Crippen LogP contribution in [0, 0.1) is 0 Å². The number of aromatic nitrogens is 3. The Morgan fingerprint density at radius 1 is 1.28 bits per heavy atom. The van der Waals surface area contributed by atoms with Crippen molar-refractivity contribution in [2.75, 3.05) is 11.6 Å². The Kier molecular flexibility index (Phi) is 4.46. The van der Waals surface area contributed by atoms with Crippen LogP contribution in [-0.2, 0) is 0 Å². The zero-order valence-electron chi connectivity index (χ0n) is 13.1. The summed E-state index contributed by atoms with van der Waals surface area (Å²) >= 11 is 4.92. The van der Waals surface area contributed by atoms with E-state index in [0.29, 0.717) is 16.7 Å². The highest BCUT2D eigenvalue weighted by atomic mass is 79.9. The molecule has 6 nitrogen and oxygen atoms in total. The number of hydrogen-bond donors (Lipinski definition) is 1. The van der Waals surface area contributed by atoms with E-state index in [1.807, 2.05) is 48.7 Å². The van der Waals surface area contributed by atoms with Gasteiger partial charge in [0.2, 0.25) is 11.0 Å². The van der Waals surface area contributed by atoms with Crippen LogP contribution >= 0.6 is 27.7 Å². The minimum absolute atomic E-state index is 0.419. The summed E-state index contributed by atoms with van der Waals surface area (Å²) in [6.45, 7) is 0. The number of nitrogens with one attached hydrogen (secondary N) is 1. The molecular weight excluding hydrogens is 404 g/mol. The topological polar surface area (TPSA) is 73.1 Å². The quantitative estimate of drug-likeness (QED) is 0.631. The molecule has 8 heteroatoms. The zero-order valence-corrected chi connectivity index (χ0v) is 15.5. The lowest BCUT2D eigenvalue weighted by molar-refractivity contribution is 0.266. The van der Waals surface area contributed by atoms with Crippen LogP contribution in [0.1, 0.15) is 5.76 Å². The van der Waals surface area contributed by atoms with Crippen LogP contribution in [0.4, 0.5) is 5.69 Å². The molecule has 1 N–H and O–H groups in total. The lowest BCUT2D eigenvalue weighted by Gasteiger charge is -2.15. The molecule has 4 rings (SSSR count). The number of fused-ring (bicyclic) bond motifs is 3. The van der Waals surface area contributed by atoms with Crippen molar-refractivity contribution in [3.05, 3.63) is 52.9 Å². The van der Waals surface area contributed by atoms with Crippen LogP contribution in [-0.4, -0.2) is 27.7 Å². The fourth-order valence-electron chi connectivity index (χ4n) is 2.43. The van der Waals surface area contributed by atoms with E-state index in [4.69, 9.17) is 9.15 Å². The van der Waals surface area contributed by atoms with E-state index < -0.39 is 6.23 Å². The van der Waals surface area contributed by atoms with E-state index in [2.05, 4.69) is 36.4 Å². The number of thioether (sulfide) groups is 1. The van der Waals surface area contributed by atoms with Gasteiger partial charge in [-0.3, -0.25) is 0 Å². The van der Waals surface area contributed by atoms with Crippen molar-refractivity contribution in [1.82, 2.24) is 15.2 Å². The van der Waals surface area contributed by atoms with Gasteiger partial charge in [0.1, 0.15) is 5.76 Å². The van der Waals surface area contributed by atoms with Crippen LogP contribution in [0.5, 0.6) is 5.88 Å². The Morgan fingerprint density at radius 2 is 2.20 bits per heavy atom. The van der Waals surface area contributed by atoms with E-state index in [-0.39, 0.29) is 0 Å². The highest BCUT2D eigenvalue weighted by Gasteiger charge is 2.24. The standard InChI is InChI=1S/C17H13BrN4O2S/c1-25-17-20-16-15(21-22-17)12-9-10(18)4-6-13(12)19-14(24-16)7-5-11-3-2-8-23-11/h2-9,14,19H,1H3/b7-5-/t14-/m1/s1. The molecule has 0 radical (unpaired) electrons. The van der Waals surface area contributed by atoms with E-state index >= 15 is 0 Å². The lowest BCUT2D eigenvalue weighted by Crippen LogP contribution is -2.23. The van der Waals surface area contributed by atoms with E-state index in [1.54, 1.807) is 6.26 Å². The van der Waals surface area contributed by atoms with Crippen molar-refractivity contribution < 1.29 is 9.15 Å². The molecule has 3 heterocycles. The normalized spacial score (nSPS) is 15.8. The first-order valence-corrected chi connectivity index (χ1v) is 9.48. The Hall–Kier alpha value is -2.32. The third-order valence-corrected chi connectivity index (χ3v) is 4.60. The molecule has 0 bridgehead atoms. The monoisotopic (exact) mass is 416 g/mol. The maximum Gasteiger partial charge on any atom is 0.247 e. The van der Waals surface area contributed by atoms with Crippen LogP contribution < -0.4 is 10.1 Å². The van der Waals surface area contributed by atoms with Gasteiger partial charge in [0.05, 0.1) is 6.26 Å². The van der Waals surface area contributed by atoms with Crippen LogP contribution in [0.3, 0.4) is 0 Å². The fraction of sp³-hybridized carbons (Fsp3) is 0.118. The van der Waals surface area contributed by atoms with Crippen molar-refractivity contribution in [3.63, 3.8) is 0 Å². The van der Waals surface area contributed by atoms with Gasteiger partial charge in [-0.05, 0) is 48.7 Å². The molecule has 1 aromatic carbocycles. The molecule has 1 aliphatic rings. The second-order valence-corrected chi connectivity index (χ2v) is 6.89. The molecule has 25 heavy (non-hydrogen) atoms. The predicted molar refractivity (Wildman–Crippen MR) is 101 cm³/mol. The fourth-order valence-corrected chi connectivity index (χ4v) is 3.09. The number of benzene rings is 1. The SMILES string of the molecule is CSc1nnc2c(n1)O[C@H](/C=C\c1ccco1)Nc1ccc(Br)cc1-2. The summed E-state index contributed by atoms with van der Waals surface area (Å²) in [5, 5.41) is 12.4. The van der Waals surface area contributed by atoms with Crippen molar-refractivity contribution >= 4 is 39.5 Å². The maximum atomic E-state index is 6.04. The van der Waals surface area contributed by atoms with Crippen molar-refractivity contribution in [2.45, 2.75) is 11.4 Å². The third-order valence-electron chi connectivity index (χ3n) is 3.57. The molecule has 1 aliphatic heterocycles. The van der Waals surface area contributed by atoms with Gasteiger partial charge in [-0.2, -0.15) is 4.98 Å². The lowest BCUT2D eigenvalue weighted by atomic mass is 10.1. The number of rotatable bonds is 3. The summed E-state index contributed by atoms with van der Waals surface area (Å²) in [5.41, 5.74) is 2.38. The Morgan fingerprint density at radius 3 is 3.00 bits per heavy atom. The molecule has 3 aromatic rings. The molecule has 0 aliphatic carbocycles. The number of hydrogen-bond acceptors (Lipinski definition) is 7. The molecule has 0 spiro atoms. The predicted octanol–water partition coefficient (Wildman–Crippen LogP) is 4.46. The van der Waals surface area contributed by atoms with Gasteiger partial charge < -0.3 is 14.5 Å². The third kappa shape index (κ3) is 3.40. The van der Waals surface area contributed by atoms with Gasteiger partial charge >= 0.3 is 0 Å². The smallest absolute Gasteiger partial charge is 0.247 e. The van der Waals surface area contributed by atoms with Crippen LogP contribution in [0.15, 0.2) is 56.7 Å². The van der Waals surface area contributed by atoms with Gasteiger partial charge in [-0.25, -0.2) is 0 Å². The second kappa shape index (κ2) is 6.89. The van der Waals surface area contributed by atoms with Crippen LogP contribution in [0.2, 0.25) is 0 Å². The summed E-state index contributed by atoms with van der Waals surface area (Å²) < 4.78 is 12.3. The minimum Gasteiger partial charge on any atom is -0.465 e. The summed E-state index contributed by atoms with van der Waals surface area (Å²) in [6.07, 6.45) is 6.84. The molecule has 0 saturated heterocycles. The van der Waals surface area contributed by atoms with Crippen LogP contribution in [0.25, 0.3) is 17.3 Å². The first-order valence-electron chi connectivity index (χ1n) is 7.46. The number of halogens is 1. The highest BCUT2D eigenvalue weighted by Crippen LogP contribution is 2.38. The van der Waals surface area contributed by atoms with Gasteiger partial charge in [0.25, 0.3) is 0 Å². The number of nitrogens with zero attached hydrogens (tertiary/aromatic N) is 3. The minimum atomic E-state index is -0.419. The molecule has 126 valence electrons. The summed E-state index contributed by atoms with van der Waals surface area (Å²) in [5.74, 6) is 1.19. The largest absolute Gasteiger partial charge is 0.465 e. The Bertz CT molecular complexity index is 930. The molecular formula is C17H13BrN4O2S. The van der Waals surface area contributed by atoms with Crippen molar-refractivity contribution in [3.8, 4) is 17.1 Å². The van der Waals surface area contributed by atoms with Gasteiger partial charge in [-0.15, -0.1) is 10.2 Å². The zero-order chi connectivity index (χ0) is 17.2. The van der Waals surface area contributed by atoms with Crippen molar-refractivity contribution in [2.24, 2.45) is 0 Å². The van der Waals surface area contributed by atoms with E-state index in [0.717, 1.165) is 21.5 Å². The second-order valence-electron chi connectivity index (χ2n) is 5.20. The maximum absolute atomic E-state index is 6.04. The molecule has 0 amide bonds. The Labute approximate surface area is 156 Å². The first-order chi connectivity index (χ1) is 12.2. The van der Waals surface area contributed by atoms with Gasteiger partial charge in [0.15, 0.2) is 11.9 Å². The average Bonchev–Trinajstić information content (AvgIpc) is 3.09. The number of anilines is 1. The summed E-state index contributed by atoms with van der Waals surface area (Å²) in [4.78, 5) is 4.47. The summed E-state index contributed by atoms with van der Waals surface area (Å²) in [7, 11) is 0. The number of furan rings is 1. The van der Waals surface area contributed by atoms with E-state index in [1.165, 1.54) is 11.8 Å². The average molecular weight is 417 g/mol. The summed E-state index contributed by atoms with van der Waals surface area (Å²) in [6, 6.07) is 9.61. The van der Waals surface area contributed by atoms with Gasteiger partial charge in [-0.1, -0.05) is 27.7 Å². The highest BCUT2D eigenvalue weighted by molar-refractivity contribution is 9.10. The molecule has 0 saturated carbocycles. The molecule has 0 fully saturated rings.